The molecule has 4 heteroatoms. The lowest BCUT2D eigenvalue weighted by Crippen LogP contribution is -2.50. The lowest BCUT2D eigenvalue weighted by Gasteiger charge is -2.48. The van der Waals surface area contributed by atoms with E-state index in [9.17, 15) is 14.7 Å². The molecule has 0 spiro atoms. The van der Waals surface area contributed by atoms with Crippen LogP contribution in [0.2, 0.25) is 0 Å². The standard InChI is InChI=1S/C16H23NO3/c1-9-11(18)6-8-16(4)7-5-10(13(19)12(9)16)15(2,3)14(17)20/h6,8,10,13,19H,5,7H2,1-4H3,(H2,17,20). The van der Waals surface area contributed by atoms with Crippen molar-refractivity contribution in [3.05, 3.63) is 23.3 Å². The SMILES string of the molecule is CC1=C2C(O)C(C(C)(C)C(N)=O)CCC2(C)C=CC1=O. The second kappa shape index (κ2) is 4.55. The van der Waals surface area contributed by atoms with Crippen molar-refractivity contribution in [3.8, 4) is 0 Å². The van der Waals surface area contributed by atoms with Crippen LogP contribution in [-0.4, -0.2) is 22.9 Å². The van der Waals surface area contributed by atoms with Crippen LogP contribution < -0.4 is 5.73 Å². The molecule has 0 heterocycles. The molecule has 2 rings (SSSR count). The highest BCUT2D eigenvalue weighted by Crippen LogP contribution is 2.51. The molecule has 4 nitrogen and oxygen atoms in total. The van der Waals surface area contributed by atoms with Gasteiger partial charge in [-0.15, -0.1) is 0 Å². The van der Waals surface area contributed by atoms with Crippen LogP contribution >= 0.6 is 0 Å². The van der Waals surface area contributed by atoms with E-state index < -0.39 is 17.4 Å². The van der Waals surface area contributed by atoms with Gasteiger partial charge >= 0.3 is 0 Å². The summed E-state index contributed by atoms with van der Waals surface area (Å²) >= 11 is 0. The summed E-state index contributed by atoms with van der Waals surface area (Å²) in [4.78, 5) is 23.5. The van der Waals surface area contributed by atoms with Crippen molar-refractivity contribution in [3.63, 3.8) is 0 Å². The maximum absolute atomic E-state index is 11.9. The van der Waals surface area contributed by atoms with E-state index in [0.29, 0.717) is 12.0 Å². The third-order valence-corrected chi connectivity index (χ3v) is 5.21. The van der Waals surface area contributed by atoms with Gasteiger partial charge in [0.05, 0.1) is 6.10 Å². The summed E-state index contributed by atoms with van der Waals surface area (Å²) in [5.41, 5.74) is 5.76. The Morgan fingerprint density at radius 3 is 2.65 bits per heavy atom. The Morgan fingerprint density at radius 2 is 2.10 bits per heavy atom. The van der Waals surface area contributed by atoms with E-state index >= 15 is 0 Å². The smallest absolute Gasteiger partial charge is 0.223 e. The van der Waals surface area contributed by atoms with Gasteiger partial charge < -0.3 is 10.8 Å². The number of hydrogen-bond donors (Lipinski definition) is 2. The number of rotatable bonds is 2. The Labute approximate surface area is 119 Å². The first-order valence-corrected chi connectivity index (χ1v) is 7.04. The molecule has 0 aromatic rings. The molecule has 0 aromatic heterocycles. The average Bonchev–Trinajstić information content (AvgIpc) is 2.34. The molecule has 2 aliphatic carbocycles. The van der Waals surface area contributed by atoms with E-state index in [0.717, 1.165) is 12.0 Å². The molecule has 1 amide bonds. The quantitative estimate of drug-likeness (QED) is 0.806. The fourth-order valence-corrected chi connectivity index (χ4v) is 3.57. The first-order chi connectivity index (χ1) is 9.11. The Morgan fingerprint density at radius 1 is 1.50 bits per heavy atom. The number of allylic oxidation sites excluding steroid dienone is 3. The van der Waals surface area contributed by atoms with E-state index in [1.807, 2.05) is 13.0 Å². The predicted molar refractivity (Wildman–Crippen MR) is 76.7 cm³/mol. The predicted octanol–water partition coefficient (Wildman–Crippen LogP) is 1.73. The molecule has 3 atom stereocenters. The van der Waals surface area contributed by atoms with Crippen LogP contribution in [0.25, 0.3) is 0 Å². The number of aliphatic hydroxyl groups excluding tert-OH is 1. The third kappa shape index (κ3) is 2.03. The van der Waals surface area contributed by atoms with Gasteiger partial charge in [-0.2, -0.15) is 0 Å². The zero-order valence-corrected chi connectivity index (χ0v) is 12.6. The lowest BCUT2D eigenvalue weighted by molar-refractivity contribution is -0.132. The van der Waals surface area contributed by atoms with Gasteiger partial charge in [0.1, 0.15) is 0 Å². The van der Waals surface area contributed by atoms with Crippen molar-refractivity contribution in [1.82, 2.24) is 0 Å². The van der Waals surface area contributed by atoms with Crippen molar-refractivity contribution >= 4 is 11.7 Å². The zero-order valence-electron chi connectivity index (χ0n) is 12.6. The van der Waals surface area contributed by atoms with E-state index in [4.69, 9.17) is 5.73 Å². The van der Waals surface area contributed by atoms with Crippen LogP contribution in [0.4, 0.5) is 0 Å². The molecule has 0 radical (unpaired) electrons. The van der Waals surface area contributed by atoms with Gasteiger partial charge in [0.25, 0.3) is 0 Å². The maximum Gasteiger partial charge on any atom is 0.223 e. The number of ketones is 1. The summed E-state index contributed by atoms with van der Waals surface area (Å²) in [7, 11) is 0. The van der Waals surface area contributed by atoms with Crippen molar-refractivity contribution < 1.29 is 14.7 Å². The molecular formula is C16H23NO3. The van der Waals surface area contributed by atoms with E-state index in [1.54, 1.807) is 26.8 Å². The Balaban J connectivity index is 2.47. The highest BCUT2D eigenvalue weighted by Gasteiger charge is 2.49. The monoisotopic (exact) mass is 277 g/mol. The van der Waals surface area contributed by atoms with Crippen molar-refractivity contribution in [1.29, 1.82) is 0 Å². The molecule has 0 bridgehead atoms. The molecule has 20 heavy (non-hydrogen) atoms. The molecular weight excluding hydrogens is 254 g/mol. The number of carbonyl (C=O) groups excluding carboxylic acids is 2. The van der Waals surface area contributed by atoms with Crippen molar-refractivity contribution in [2.45, 2.75) is 46.6 Å². The molecule has 1 fully saturated rings. The highest BCUT2D eigenvalue weighted by atomic mass is 16.3. The fourth-order valence-electron chi connectivity index (χ4n) is 3.57. The maximum atomic E-state index is 11.9. The van der Waals surface area contributed by atoms with Gasteiger partial charge in [0.15, 0.2) is 5.78 Å². The normalized spacial score (nSPS) is 34.1. The fraction of sp³-hybridized carbons (Fsp3) is 0.625. The second-order valence-electron chi connectivity index (χ2n) is 6.83. The summed E-state index contributed by atoms with van der Waals surface area (Å²) in [6, 6.07) is 0. The van der Waals surface area contributed by atoms with E-state index in [2.05, 4.69) is 0 Å². The first kappa shape index (κ1) is 15.0. The number of hydrogen-bond acceptors (Lipinski definition) is 3. The second-order valence-corrected chi connectivity index (χ2v) is 6.83. The first-order valence-electron chi connectivity index (χ1n) is 7.04. The van der Waals surface area contributed by atoms with Gasteiger partial charge in [-0.05, 0) is 37.0 Å². The van der Waals surface area contributed by atoms with E-state index in [1.165, 1.54) is 0 Å². The summed E-state index contributed by atoms with van der Waals surface area (Å²) in [6.07, 6.45) is 4.19. The van der Waals surface area contributed by atoms with Crippen LogP contribution in [-0.2, 0) is 9.59 Å². The van der Waals surface area contributed by atoms with Crippen LogP contribution in [0, 0.1) is 16.7 Å². The van der Waals surface area contributed by atoms with Crippen LogP contribution in [0.3, 0.4) is 0 Å². The largest absolute Gasteiger partial charge is 0.388 e. The van der Waals surface area contributed by atoms with Gasteiger partial charge in [0.2, 0.25) is 5.91 Å². The lowest BCUT2D eigenvalue weighted by atomic mass is 9.58. The summed E-state index contributed by atoms with van der Waals surface area (Å²) in [5.74, 6) is -0.729. The topological polar surface area (TPSA) is 80.4 Å². The van der Waals surface area contributed by atoms with Gasteiger partial charge in [-0.1, -0.05) is 26.8 Å². The molecule has 2 aliphatic rings. The number of aliphatic hydroxyl groups is 1. The molecule has 0 aromatic carbocycles. The number of fused-ring (bicyclic) bond motifs is 1. The van der Waals surface area contributed by atoms with Crippen LogP contribution in [0.1, 0.15) is 40.5 Å². The summed E-state index contributed by atoms with van der Waals surface area (Å²) < 4.78 is 0. The van der Waals surface area contributed by atoms with Crippen LogP contribution in [0.5, 0.6) is 0 Å². The highest BCUT2D eigenvalue weighted by molar-refractivity contribution is 6.05. The average molecular weight is 277 g/mol. The Hall–Kier alpha value is -1.42. The number of amides is 1. The summed E-state index contributed by atoms with van der Waals surface area (Å²) in [5, 5.41) is 10.8. The third-order valence-electron chi connectivity index (χ3n) is 5.21. The molecule has 3 N–H and O–H groups in total. The van der Waals surface area contributed by atoms with Gasteiger partial charge in [-0.25, -0.2) is 0 Å². The zero-order chi connectivity index (χ0) is 15.3. The van der Waals surface area contributed by atoms with Crippen LogP contribution in [0.15, 0.2) is 23.3 Å². The van der Waals surface area contributed by atoms with Gasteiger partial charge in [-0.3, -0.25) is 9.59 Å². The Bertz CT molecular complexity index is 530. The van der Waals surface area contributed by atoms with Crippen molar-refractivity contribution in [2.24, 2.45) is 22.5 Å². The van der Waals surface area contributed by atoms with Gasteiger partial charge in [0, 0.05) is 16.7 Å². The molecule has 0 aliphatic heterocycles. The minimum Gasteiger partial charge on any atom is -0.388 e. The molecule has 0 saturated heterocycles. The molecule has 1 saturated carbocycles. The minimum absolute atomic E-state index is 0.0611. The summed E-state index contributed by atoms with van der Waals surface area (Å²) in [6.45, 7) is 7.32. The van der Waals surface area contributed by atoms with Crippen molar-refractivity contribution in [2.75, 3.05) is 0 Å². The Kier molecular flexibility index (Phi) is 3.41. The van der Waals surface area contributed by atoms with E-state index in [-0.39, 0.29) is 17.1 Å². The number of primary amides is 1. The minimum atomic E-state index is -0.801. The molecule has 3 unspecified atom stereocenters. The molecule has 110 valence electrons. The number of carbonyl (C=O) groups is 2. The number of nitrogens with two attached hydrogens (primary N) is 1.